The molecule has 0 fully saturated rings. The van der Waals surface area contributed by atoms with E-state index in [1.165, 1.54) is 12.1 Å². The first kappa shape index (κ1) is 21.5. The van der Waals surface area contributed by atoms with Crippen LogP contribution in [0.25, 0.3) is 0 Å². The Morgan fingerprint density at radius 2 is 1.65 bits per heavy atom. The summed E-state index contributed by atoms with van der Waals surface area (Å²) >= 11 is 0. The average molecular weight is 364 g/mol. The maximum Gasteiger partial charge on any atom is 0.326 e. The Bertz CT molecular complexity index is 613. The van der Waals surface area contributed by atoms with Crippen LogP contribution in [0.2, 0.25) is 0 Å². The van der Waals surface area contributed by atoms with Crippen molar-refractivity contribution >= 4 is 17.8 Å². The standard InChI is InChI=1S/C19H28N2O5/c1-4-5-17(23)20-15(11-13-6-8-14(22)9-7-13)18(24)21-16(19(25)26)10-12(2)3/h6-9,12,15-16,22H,4-5,10-11H2,1-3H3,(H,20,23)(H,21,24)(H,25,26). The van der Waals surface area contributed by atoms with Gasteiger partial charge in [-0.1, -0.05) is 32.9 Å². The molecule has 0 aliphatic carbocycles. The van der Waals surface area contributed by atoms with Crippen LogP contribution in [-0.4, -0.2) is 40.1 Å². The van der Waals surface area contributed by atoms with Crippen LogP contribution in [0.4, 0.5) is 0 Å². The lowest BCUT2D eigenvalue weighted by Crippen LogP contribution is -2.52. The first-order chi connectivity index (χ1) is 12.2. The van der Waals surface area contributed by atoms with Crippen molar-refractivity contribution in [2.45, 2.75) is 58.5 Å². The van der Waals surface area contributed by atoms with Gasteiger partial charge in [0.2, 0.25) is 11.8 Å². The number of hydrogen-bond acceptors (Lipinski definition) is 4. The van der Waals surface area contributed by atoms with Crippen molar-refractivity contribution in [1.82, 2.24) is 10.6 Å². The smallest absolute Gasteiger partial charge is 0.326 e. The zero-order valence-corrected chi connectivity index (χ0v) is 15.5. The van der Waals surface area contributed by atoms with E-state index in [0.717, 1.165) is 5.56 Å². The summed E-state index contributed by atoms with van der Waals surface area (Å²) in [7, 11) is 0. The van der Waals surface area contributed by atoms with Gasteiger partial charge in [-0.25, -0.2) is 4.79 Å². The van der Waals surface area contributed by atoms with Gasteiger partial charge in [0.25, 0.3) is 0 Å². The Morgan fingerprint density at radius 3 is 2.15 bits per heavy atom. The molecular formula is C19H28N2O5. The lowest BCUT2D eigenvalue weighted by Gasteiger charge is -2.22. The number of phenols is 1. The van der Waals surface area contributed by atoms with Crippen LogP contribution in [0.3, 0.4) is 0 Å². The number of carbonyl (C=O) groups excluding carboxylic acids is 2. The molecule has 1 aromatic rings. The number of carboxylic acids is 1. The molecule has 0 saturated heterocycles. The fourth-order valence-electron chi connectivity index (χ4n) is 2.54. The van der Waals surface area contributed by atoms with Gasteiger partial charge in [-0.05, 0) is 36.5 Å². The number of benzene rings is 1. The number of aromatic hydroxyl groups is 1. The molecule has 7 heteroatoms. The Hall–Kier alpha value is -2.57. The van der Waals surface area contributed by atoms with Crippen molar-refractivity contribution in [1.29, 1.82) is 0 Å². The van der Waals surface area contributed by atoms with Crippen LogP contribution in [-0.2, 0) is 20.8 Å². The highest BCUT2D eigenvalue weighted by Gasteiger charge is 2.27. The van der Waals surface area contributed by atoms with Gasteiger partial charge >= 0.3 is 5.97 Å². The molecule has 4 N–H and O–H groups in total. The van der Waals surface area contributed by atoms with Crippen molar-refractivity contribution in [3.8, 4) is 5.75 Å². The van der Waals surface area contributed by atoms with Crippen LogP contribution in [0, 0.1) is 5.92 Å². The van der Waals surface area contributed by atoms with Gasteiger partial charge in [0, 0.05) is 12.8 Å². The van der Waals surface area contributed by atoms with E-state index in [-0.39, 0.29) is 30.4 Å². The predicted molar refractivity (Wildman–Crippen MR) is 97.7 cm³/mol. The number of phenolic OH excluding ortho intramolecular Hbond substituents is 1. The normalized spacial score (nSPS) is 13.1. The van der Waals surface area contributed by atoms with Gasteiger partial charge in [-0.3, -0.25) is 9.59 Å². The number of amides is 2. The molecule has 0 saturated carbocycles. The van der Waals surface area contributed by atoms with E-state index >= 15 is 0 Å². The molecule has 0 aliphatic rings. The summed E-state index contributed by atoms with van der Waals surface area (Å²) in [6.07, 6.45) is 1.43. The summed E-state index contributed by atoms with van der Waals surface area (Å²) in [6, 6.07) is 4.42. The van der Waals surface area contributed by atoms with E-state index in [1.54, 1.807) is 12.1 Å². The molecule has 26 heavy (non-hydrogen) atoms. The number of carbonyl (C=O) groups is 3. The van der Waals surface area contributed by atoms with E-state index in [0.29, 0.717) is 12.8 Å². The van der Waals surface area contributed by atoms with Crippen molar-refractivity contribution in [2.24, 2.45) is 5.92 Å². The second-order valence-corrected chi connectivity index (χ2v) is 6.77. The topological polar surface area (TPSA) is 116 Å². The first-order valence-corrected chi connectivity index (χ1v) is 8.83. The molecular weight excluding hydrogens is 336 g/mol. The van der Waals surface area contributed by atoms with Crippen molar-refractivity contribution in [2.75, 3.05) is 0 Å². The molecule has 0 spiro atoms. The third-order valence-corrected chi connectivity index (χ3v) is 3.83. The lowest BCUT2D eigenvalue weighted by atomic mass is 10.0. The molecule has 1 rings (SSSR count). The minimum absolute atomic E-state index is 0.0987. The molecule has 0 aliphatic heterocycles. The van der Waals surface area contributed by atoms with Gasteiger partial charge in [0.05, 0.1) is 0 Å². The van der Waals surface area contributed by atoms with Crippen molar-refractivity contribution in [3.05, 3.63) is 29.8 Å². The van der Waals surface area contributed by atoms with E-state index in [1.807, 2.05) is 20.8 Å². The summed E-state index contributed by atoms with van der Waals surface area (Å²) < 4.78 is 0. The Morgan fingerprint density at radius 1 is 1.04 bits per heavy atom. The van der Waals surface area contributed by atoms with E-state index in [4.69, 9.17) is 0 Å². The molecule has 0 radical (unpaired) electrons. The van der Waals surface area contributed by atoms with Gasteiger partial charge in [-0.2, -0.15) is 0 Å². The molecule has 2 amide bonds. The number of nitrogens with one attached hydrogen (secondary N) is 2. The molecule has 0 heterocycles. The largest absolute Gasteiger partial charge is 0.508 e. The average Bonchev–Trinajstić information content (AvgIpc) is 2.55. The minimum Gasteiger partial charge on any atom is -0.508 e. The highest BCUT2D eigenvalue weighted by Crippen LogP contribution is 2.12. The summed E-state index contributed by atoms with van der Waals surface area (Å²) in [5.74, 6) is -1.69. The van der Waals surface area contributed by atoms with E-state index in [9.17, 15) is 24.6 Å². The summed E-state index contributed by atoms with van der Waals surface area (Å²) in [6.45, 7) is 5.61. The maximum atomic E-state index is 12.6. The molecule has 0 aromatic heterocycles. The number of rotatable bonds is 10. The van der Waals surface area contributed by atoms with Crippen LogP contribution >= 0.6 is 0 Å². The Labute approximate surface area is 153 Å². The van der Waals surface area contributed by atoms with E-state index < -0.39 is 24.0 Å². The first-order valence-electron chi connectivity index (χ1n) is 8.83. The van der Waals surface area contributed by atoms with Crippen molar-refractivity contribution in [3.63, 3.8) is 0 Å². The second-order valence-electron chi connectivity index (χ2n) is 6.77. The van der Waals surface area contributed by atoms with Gasteiger partial charge in [0.15, 0.2) is 0 Å². The SMILES string of the molecule is CCCC(=O)NC(Cc1ccc(O)cc1)C(=O)NC(CC(C)C)C(=O)O. The predicted octanol–water partition coefficient (Wildman–Crippen LogP) is 1.84. The number of carboxylic acid groups (broad SMARTS) is 1. The van der Waals surface area contributed by atoms with Crippen molar-refractivity contribution < 1.29 is 24.6 Å². The second kappa shape index (κ2) is 10.4. The fourth-order valence-corrected chi connectivity index (χ4v) is 2.54. The van der Waals surface area contributed by atoms with Crippen LogP contribution in [0.15, 0.2) is 24.3 Å². The number of aliphatic carboxylic acids is 1. The fraction of sp³-hybridized carbons (Fsp3) is 0.526. The Kier molecular flexibility index (Phi) is 8.61. The molecule has 144 valence electrons. The molecule has 7 nitrogen and oxygen atoms in total. The summed E-state index contributed by atoms with van der Waals surface area (Å²) in [4.78, 5) is 35.9. The third kappa shape index (κ3) is 7.55. The quantitative estimate of drug-likeness (QED) is 0.505. The molecule has 2 unspecified atom stereocenters. The highest BCUT2D eigenvalue weighted by atomic mass is 16.4. The minimum atomic E-state index is -1.10. The number of hydrogen-bond donors (Lipinski definition) is 4. The van der Waals surface area contributed by atoms with E-state index in [2.05, 4.69) is 10.6 Å². The van der Waals surface area contributed by atoms with Crippen LogP contribution in [0.1, 0.15) is 45.6 Å². The van der Waals surface area contributed by atoms with Crippen LogP contribution in [0.5, 0.6) is 5.75 Å². The van der Waals surface area contributed by atoms with Crippen LogP contribution < -0.4 is 10.6 Å². The zero-order valence-electron chi connectivity index (χ0n) is 15.5. The van der Waals surface area contributed by atoms with Gasteiger partial charge in [0.1, 0.15) is 17.8 Å². The third-order valence-electron chi connectivity index (χ3n) is 3.83. The van der Waals surface area contributed by atoms with Gasteiger partial charge in [-0.15, -0.1) is 0 Å². The highest BCUT2D eigenvalue weighted by molar-refractivity contribution is 5.90. The zero-order chi connectivity index (χ0) is 19.7. The Balaban J connectivity index is 2.90. The molecule has 1 aromatic carbocycles. The monoisotopic (exact) mass is 364 g/mol. The maximum absolute atomic E-state index is 12.6. The van der Waals surface area contributed by atoms with Gasteiger partial charge < -0.3 is 20.8 Å². The molecule has 0 bridgehead atoms. The lowest BCUT2D eigenvalue weighted by molar-refractivity contribution is -0.142. The molecule has 2 atom stereocenters. The summed E-state index contributed by atoms with van der Waals surface area (Å²) in [5.41, 5.74) is 0.746. The summed E-state index contributed by atoms with van der Waals surface area (Å²) in [5, 5.41) is 23.9.